The molecule has 0 saturated heterocycles. The molecule has 0 radical (unpaired) electrons. The second kappa shape index (κ2) is 8.79. The fourth-order valence-electron chi connectivity index (χ4n) is 4.72. The molecule has 3 aromatic rings. The third-order valence-corrected chi connectivity index (χ3v) is 7.12. The number of benzene rings is 2. The van der Waals surface area contributed by atoms with Crippen LogP contribution in [-0.4, -0.2) is 22.8 Å². The average Bonchev–Trinajstić information content (AvgIpc) is 3.27. The summed E-state index contributed by atoms with van der Waals surface area (Å²) in [4.78, 5) is 28.8. The Labute approximate surface area is 192 Å². The second-order valence-corrected chi connectivity index (χ2v) is 9.49. The quantitative estimate of drug-likeness (QED) is 0.605. The predicted octanol–water partition coefficient (Wildman–Crippen LogP) is 5.12. The molecule has 1 aromatic heterocycles. The molecule has 6 heteroatoms. The van der Waals surface area contributed by atoms with Crippen LogP contribution >= 0.6 is 11.3 Å². The van der Waals surface area contributed by atoms with Crippen LogP contribution in [0.2, 0.25) is 0 Å². The maximum Gasteiger partial charge on any atom is 0.264 e. The number of rotatable bonds is 4. The van der Waals surface area contributed by atoms with Crippen LogP contribution in [0.5, 0.6) is 5.75 Å². The van der Waals surface area contributed by atoms with E-state index in [4.69, 9.17) is 4.74 Å². The lowest BCUT2D eigenvalue weighted by Crippen LogP contribution is -2.41. The van der Waals surface area contributed by atoms with Gasteiger partial charge < -0.3 is 15.0 Å². The summed E-state index contributed by atoms with van der Waals surface area (Å²) in [6.45, 7) is 2.28. The zero-order chi connectivity index (χ0) is 22.1. The Kier molecular flexibility index (Phi) is 5.70. The van der Waals surface area contributed by atoms with Gasteiger partial charge >= 0.3 is 0 Å². The van der Waals surface area contributed by atoms with Gasteiger partial charge in [0.25, 0.3) is 5.91 Å². The molecule has 5 nitrogen and oxygen atoms in total. The molecule has 2 atom stereocenters. The van der Waals surface area contributed by atoms with E-state index in [9.17, 15) is 9.59 Å². The van der Waals surface area contributed by atoms with Gasteiger partial charge in [0.05, 0.1) is 19.0 Å². The first kappa shape index (κ1) is 20.8. The third-order valence-electron chi connectivity index (χ3n) is 6.25. The van der Waals surface area contributed by atoms with Gasteiger partial charge in [0.2, 0.25) is 5.91 Å². The summed E-state index contributed by atoms with van der Waals surface area (Å²) in [6.07, 6.45) is 2.86. The minimum absolute atomic E-state index is 0.00573. The molecule has 5 rings (SSSR count). The number of ether oxygens (including phenoxy) is 1. The van der Waals surface area contributed by atoms with Gasteiger partial charge in [-0.2, -0.15) is 0 Å². The highest BCUT2D eigenvalue weighted by molar-refractivity contribution is 7.10. The number of hydrogen-bond donors (Lipinski definition) is 1. The van der Waals surface area contributed by atoms with E-state index in [1.807, 2.05) is 47.5 Å². The number of thiophene rings is 1. The van der Waals surface area contributed by atoms with Gasteiger partial charge in [-0.1, -0.05) is 30.3 Å². The van der Waals surface area contributed by atoms with Crippen LogP contribution in [0.3, 0.4) is 0 Å². The van der Waals surface area contributed by atoms with E-state index in [-0.39, 0.29) is 17.9 Å². The van der Waals surface area contributed by atoms with Crippen molar-refractivity contribution in [3.8, 4) is 5.75 Å². The molecule has 0 unspecified atom stereocenters. The lowest BCUT2D eigenvalue weighted by atomic mass is 9.86. The molecular formula is C26H26N2O3S. The van der Waals surface area contributed by atoms with Crippen molar-refractivity contribution in [2.24, 2.45) is 0 Å². The van der Waals surface area contributed by atoms with Crippen LogP contribution in [-0.2, 0) is 29.0 Å². The second-order valence-electron chi connectivity index (χ2n) is 8.46. The fraction of sp³-hybridized carbons (Fsp3) is 0.308. The van der Waals surface area contributed by atoms with Crippen LogP contribution in [0.15, 0.2) is 60.0 Å². The van der Waals surface area contributed by atoms with E-state index in [2.05, 4.69) is 29.6 Å². The summed E-state index contributed by atoms with van der Waals surface area (Å²) in [7, 11) is 0. The third kappa shape index (κ3) is 4.15. The monoisotopic (exact) mass is 446 g/mol. The number of fused-ring (bicyclic) bond motifs is 2. The molecule has 1 aliphatic carbocycles. The smallest absolute Gasteiger partial charge is 0.264 e. The maximum absolute atomic E-state index is 13.3. The zero-order valence-corrected chi connectivity index (χ0v) is 18.9. The van der Waals surface area contributed by atoms with E-state index in [1.54, 1.807) is 11.3 Å². The first-order valence-corrected chi connectivity index (χ1v) is 12.0. The van der Waals surface area contributed by atoms with Crippen LogP contribution in [0.25, 0.3) is 0 Å². The van der Waals surface area contributed by atoms with Gasteiger partial charge in [-0.3, -0.25) is 9.59 Å². The highest BCUT2D eigenvalue weighted by atomic mass is 32.1. The largest absolute Gasteiger partial charge is 0.481 e. The first-order valence-electron chi connectivity index (χ1n) is 11.1. The lowest BCUT2D eigenvalue weighted by molar-refractivity contribution is -0.140. The van der Waals surface area contributed by atoms with E-state index in [1.165, 1.54) is 11.1 Å². The molecule has 0 bridgehead atoms. The number of amides is 2. The summed E-state index contributed by atoms with van der Waals surface area (Å²) in [5.74, 6) is 0.657. The van der Waals surface area contributed by atoms with Gasteiger partial charge in [-0.25, -0.2) is 0 Å². The number of nitrogens with zero attached hydrogens (tertiary/aromatic N) is 1. The highest BCUT2D eigenvalue weighted by Crippen LogP contribution is 2.38. The van der Waals surface area contributed by atoms with Crippen molar-refractivity contribution in [3.63, 3.8) is 0 Å². The van der Waals surface area contributed by atoms with Crippen LogP contribution < -0.4 is 10.1 Å². The molecule has 164 valence electrons. The Morgan fingerprint density at radius 1 is 1.16 bits per heavy atom. The molecular weight excluding hydrogens is 420 g/mol. The molecule has 2 aliphatic rings. The Balaban J connectivity index is 1.41. The molecule has 2 amide bonds. The fourth-order valence-corrected chi connectivity index (χ4v) is 5.43. The van der Waals surface area contributed by atoms with Gasteiger partial charge in [0, 0.05) is 16.1 Å². The number of carbonyl (C=O) groups is 2. The van der Waals surface area contributed by atoms with Crippen molar-refractivity contribution in [2.75, 3.05) is 5.32 Å². The van der Waals surface area contributed by atoms with E-state index < -0.39 is 6.10 Å². The number of anilines is 1. The SMILES string of the molecule is C[C@H]1Oc2ccc(NC(=O)Cc3cccs3)cc2CN([C@H]2CCCc3ccccc32)C1=O. The van der Waals surface area contributed by atoms with Gasteiger partial charge in [0.1, 0.15) is 5.75 Å². The van der Waals surface area contributed by atoms with Crippen molar-refractivity contribution in [3.05, 3.63) is 81.5 Å². The minimum atomic E-state index is -0.551. The molecule has 0 spiro atoms. The topological polar surface area (TPSA) is 58.6 Å². The average molecular weight is 447 g/mol. The Hall–Kier alpha value is -3.12. The van der Waals surface area contributed by atoms with Gasteiger partial charge in [-0.15, -0.1) is 11.3 Å². The van der Waals surface area contributed by atoms with Gasteiger partial charge in [0.15, 0.2) is 6.10 Å². The Bertz CT molecular complexity index is 1140. The summed E-state index contributed by atoms with van der Waals surface area (Å²) in [6, 6.07) is 18.0. The highest BCUT2D eigenvalue weighted by Gasteiger charge is 2.35. The molecule has 1 N–H and O–H groups in total. The maximum atomic E-state index is 13.3. The van der Waals surface area contributed by atoms with Crippen LogP contribution in [0.1, 0.15) is 47.4 Å². The summed E-state index contributed by atoms with van der Waals surface area (Å²) in [5, 5.41) is 4.96. The molecule has 1 aliphatic heterocycles. The predicted molar refractivity (Wildman–Crippen MR) is 126 cm³/mol. The Morgan fingerprint density at radius 2 is 2.03 bits per heavy atom. The molecule has 0 fully saturated rings. The number of carbonyl (C=O) groups excluding carboxylic acids is 2. The summed E-state index contributed by atoms with van der Waals surface area (Å²) >= 11 is 1.57. The van der Waals surface area contributed by atoms with E-state index in [0.29, 0.717) is 18.7 Å². The van der Waals surface area contributed by atoms with Crippen molar-refractivity contribution in [1.29, 1.82) is 0 Å². The first-order chi connectivity index (χ1) is 15.6. The van der Waals surface area contributed by atoms with Crippen molar-refractivity contribution >= 4 is 28.8 Å². The number of hydrogen-bond acceptors (Lipinski definition) is 4. The minimum Gasteiger partial charge on any atom is -0.481 e. The van der Waals surface area contributed by atoms with Crippen LogP contribution in [0, 0.1) is 0 Å². The van der Waals surface area contributed by atoms with E-state index >= 15 is 0 Å². The normalized spacial score (nSPS) is 20.0. The standard InChI is InChI=1S/C26H26N2O3S/c1-17-26(30)28(23-10-4-7-18-6-2-3-9-22(18)23)16-19-14-20(11-12-24(19)31-17)27-25(29)15-21-8-5-13-32-21/h2-3,5-6,8-9,11-14,17,23H,4,7,10,15-16H2,1H3,(H,27,29)/t17-,23+/m1/s1. The number of aryl methyl sites for hydroxylation is 1. The van der Waals surface area contributed by atoms with Crippen molar-refractivity contribution < 1.29 is 14.3 Å². The summed E-state index contributed by atoms with van der Waals surface area (Å²) in [5.41, 5.74) is 4.20. The van der Waals surface area contributed by atoms with Gasteiger partial charge in [-0.05, 0) is 67.0 Å². The number of nitrogens with one attached hydrogen (secondary N) is 1. The molecule has 32 heavy (non-hydrogen) atoms. The van der Waals surface area contributed by atoms with Crippen molar-refractivity contribution in [1.82, 2.24) is 4.90 Å². The molecule has 0 saturated carbocycles. The summed E-state index contributed by atoms with van der Waals surface area (Å²) < 4.78 is 6.02. The zero-order valence-electron chi connectivity index (χ0n) is 18.0. The lowest BCUT2D eigenvalue weighted by Gasteiger charge is -2.35. The molecule has 2 aromatic carbocycles. The van der Waals surface area contributed by atoms with E-state index in [0.717, 1.165) is 35.4 Å². The van der Waals surface area contributed by atoms with Crippen molar-refractivity contribution in [2.45, 2.75) is 51.3 Å². The Morgan fingerprint density at radius 3 is 2.88 bits per heavy atom. The van der Waals surface area contributed by atoms with Crippen LogP contribution in [0.4, 0.5) is 5.69 Å². The molecule has 2 heterocycles.